The Labute approximate surface area is 120 Å². The average Bonchev–Trinajstić information content (AvgIpc) is 2.81. The number of para-hydroxylation sites is 1. The smallest absolute Gasteiger partial charge is 0.216 e. The number of aromatic nitrogens is 2. The molecule has 0 aliphatic carbocycles. The normalized spacial score (nSPS) is 10.5. The summed E-state index contributed by atoms with van der Waals surface area (Å²) in [5, 5.41) is 7.72. The van der Waals surface area contributed by atoms with E-state index in [0.29, 0.717) is 36.3 Å². The maximum atomic E-state index is 5.73. The lowest BCUT2D eigenvalue weighted by molar-refractivity contribution is 0.283. The summed E-state index contributed by atoms with van der Waals surface area (Å²) in [6.07, 6.45) is 1.50. The van der Waals surface area contributed by atoms with Gasteiger partial charge in [-0.3, -0.25) is 0 Å². The maximum absolute atomic E-state index is 5.73. The molecule has 0 saturated carbocycles. The molecular formula is C13H15BrN2O3. The first-order valence-electron chi connectivity index (χ1n) is 5.95. The van der Waals surface area contributed by atoms with Gasteiger partial charge in [-0.15, -0.1) is 10.2 Å². The van der Waals surface area contributed by atoms with Gasteiger partial charge in [0.05, 0.1) is 18.2 Å². The fraction of sp³-hybridized carbons (Fsp3) is 0.385. The zero-order valence-corrected chi connectivity index (χ0v) is 12.4. The minimum absolute atomic E-state index is 0.556. The minimum Gasteiger partial charge on any atom is -0.493 e. The lowest BCUT2D eigenvalue weighted by Gasteiger charge is -2.11. The minimum atomic E-state index is 0.556. The largest absolute Gasteiger partial charge is 0.493 e. The van der Waals surface area contributed by atoms with E-state index in [1.165, 1.54) is 0 Å². The van der Waals surface area contributed by atoms with Crippen LogP contribution in [0.5, 0.6) is 11.5 Å². The van der Waals surface area contributed by atoms with Gasteiger partial charge >= 0.3 is 0 Å². The van der Waals surface area contributed by atoms with Crippen LogP contribution in [0.4, 0.5) is 0 Å². The van der Waals surface area contributed by atoms with Crippen molar-refractivity contribution in [3.05, 3.63) is 34.5 Å². The highest BCUT2D eigenvalue weighted by atomic mass is 79.9. The predicted octanol–water partition coefficient (Wildman–Crippen LogP) is 3.16. The van der Waals surface area contributed by atoms with Gasteiger partial charge in [-0.1, -0.05) is 6.07 Å². The van der Waals surface area contributed by atoms with Gasteiger partial charge in [0, 0.05) is 13.3 Å². The second-order valence-electron chi connectivity index (χ2n) is 3.94. The van der Waals surface area contributed by atoms with E-state index in [0.717, 1.165) is 10.9 Å². The van der Waals surface area contributed by atoms with Crippen LogP contribution in [0.2, 0.25) is 0 Å². The third kappa shape index (κ3) is 3.70. The first-order chi connectivity index (χ1) is 9.20. The summed E-state index contributed by atoms with van der Waals surface area (Å²) >= 11 is 3.44. The fourth-order valence-electron chi connectivity index (χ4n) is 1.63. The number of nitrogens with zero attached hydrogens (tertiary/aromatic N) is 2. The molecule has 6 heteroatoms. The summed E-state index contributed by atoms with van der Waals surface area (Å²) < 4.78 is 17.1. The molecule has 2 rings (SSSR count). The molecule has 19 heavy (non-hydrogen) atoms. The summed E-state index contributed by atoms with van der Waals surface area (Å²) in [7, 11) is 1.62. The molecule has 0 saturated heterocycles. The SMILES string of the molecule is COc1cccc(Br)c1OCCCc1nnc(C)o1. The Hall–Kier alpha value is -1.56. The molecular weight excluding hydrogens is 312 g/mol. The Morgan fingerprint density at radius 1 is 1.32 bits per heavy atom. The van der Waals surface area contributed by atoms with Gasteiger partial charge in [0.1, 0.15) is 0 Å². The molecule has 1 heterocycles. The van der Waals surface area contributed by atoms with Gasteiger partial charge in [0.25, 0.3) is 0 Å². The fourth-order valence-corrected chi connectivity index (χ4v) is 2.09. The van der Waals surface area contributed by atoms with Crippen LogP contribution in [-0.2, 0) is 6.42 Å². The first kappa shape index (κ1) is 13.9. The number of halogens is 1. The van der Waals surface area contributed by atoms with Gasteiger partial charge in [-0.25, -0.2) is 0 Å². The zero-order valence-electron chi connectivity index (χ0n) is 10.9. The monoisotopic (exact) mass is 326 g/mol. The topological polar surface area (TPSA) is 57.4 Å². The molecule has 0 aliphatic heterocycles. The van der Waals surface area contributed by atoms with Crippen molar-refractivity contribution >= 4 is 15.9 Å². The number of aryl methyl sites for hydroxylation is 2. The van der Waals surface area contributed by atoms with Crippen LogP contribution in [0.15, 0.2) is 27.1 Å². The second-order valence-corrected chi connectivity index (χ2v) is 4.79. The molecule has 1 aromatic heterocycles. The van der Waals surface area contributed by atoms with Gasteiger partial charge < -0.3 is 13.9 Å². The van der Waals surface area contributed by atoms with Gasteiger partial charge in [0.2, 0.25) is 11.8 Å². The van der Waals surface area contributed by atoms with Crippen molar-refractivity contribution in [3.8, 4) is 11.5 Å². The molecule has 5 nitrogen and oxygen atoms in total. The summed E-state index contributed by atoms with van der Waals surface area (Å²) in [5.74, 6) is 2.65. The summed E-state index contributed by atoms with van der Waals surface area (Å²) in [6, 6.07) is 5.68. The molecule has 0 spiro atoms. The molecule has 2 aromatic rings. The lowest BCUT2D eigenvalue weighted by Crippen LogP contribution is -2.01. The molecule has 0 N–H and O–H groups in total. The summed E-state index contributed by atoms with van der Waals surface area (Å²) in [4.78, 5) is 0. The third-order valence-corrected chi connectivity index (χ3v) is 3.12. The van der Waals surface area contributed by atoms with Crippen LogP contribution in [0.25, 0.3) is 0 Å². The quantitative estimate of drug-likeness (QED) is 0.763. The summed E-state index contributed by atoms with van der Waals surface area (Å²) in [6.45, 7) is 2.33. The Kier molecular flexibility index (Phi) is 4.79. The van der Waals surface area contributed by atoms with Gasteiger partial charge in [-0.2, -0.15) is 0 Å². The van der Waals surface area contributed by atoms with Crippen molar-refractivity contribution in [2.75, 3.05) is 13.7 Å². The summed E-state index contributed by atoms with van der Waals surface area (Å²) in [5.41, 5.74) is 0. The van der Waals surface area contributed by atoms with Crippen LogP contribution >= 0.6 is 15.9 Å². The van der Waals surface area contributed by atoms with E-state index < -0.39 is 0 Å². The van der Waals surface area contributed by atoms with E-state index in [4.69, 9.17) is 13.9 Å². The van der Waals surface area contributed by atoms with E-state index in [-0.39, 0.29) is 0 Å². The van der Waals surface area contributed by atoms with Crippen molar-refractivity contribution in [1.29, 1.82) is 0 Å². The van der Waals surface area contributed by atoms with E-state index in [9.17, 15) is 0 Å². The molecule has 0 amide bonds. The number of methoxy groups -OCH3 is 1. The van der Waals surface area contributed by atoms with E-state index in [1.54, 1.807) is 14.0 Å². The molecule has 1 aromatic carbocycles. The van der Waals surface area contributed by atoms with Crippen molar-refractivity contribution in [1.82, 2.24) is 10.2 Å². The number of ether oxygens (including phenoxy) is 2. The third-order valence-electron chi connectivity index (χ3n) is 2.50. The number of rotatable bonds is 6. The van der Waals surface area contributed by atoms with Crippen molar-refractivity contribution in [2.45, 2.75) is 19.8 Å². The van der Waals surface area contributed by atoms with Gasteiger partial charge in [0.15, 0.2) is 11.5 Å². The lowest BCUT2D eigenvalue weighted by atomic mass is 10.3. The van der Waals surface area contributed by atoms with Crippen LogP contribution in [0, 0.1) is 6.92 Å². The average molecular weight is 327 g/mol. The number of hydrogen-bond acceptors (Lipinski definition) is 5. The highest BCUT2D eigenvalue weighted by Crippen LogP contribution is 2.34. The molecule has 0 radical (unpaired) electrons. The Bertz CT molecular complexity index is 542. The standard InChI is InChI=1S/C13H15BrN2O3/c1-9-15-16-12(19-9)7-4-8-18-13-10(14)5-3-6-11(13)17-2/h3,5-6H,4,7-8H2,1-2H3. The highest BCUT2D eigenvalue weighted by Gasteiger charge is 2.08. The zero-order chi connectivity index (χ0) is 13.7. The molecule has 0 unspecified atom stereocenters. The van der Waals surface area contributed by atoms with Crippen molar-refractivity contribution in [3.63, 3.8) is 0 Å². The maximum Gasteiger partial charge on any atom is 0.216 e. The van der Waals surface area contributed by atoms with Crippen LogP contribution < -0.4 is 9.47 Å². The number of benzene rings is 1. The highest BCUT2D eigenvalue weighted by molar-refractivity contribution is 9.10. The van der Waals surface area contributed by atoms with Gasteiger partial charge in [-0.05, 0) is 34.5 Å². The number of hydrogen-bond donors (Lipinski definition) is 0. The second kappa shape index (κ2) is 6.56. The molecule has 0 aliphatic rings. The molecule has 0 bridgehead atoms. The Morgan fingerprint density at radius 2 is 2.16 bits per heavy atom. The predicted molar refractivity (Wildman–Crippen MR) is 73.5 cm³/mol. The van der Waals surface area contributed by atoms with E-state index >= 15 is 0 Å². The Morgan fingerprint density at radius 3 is 2.84 bits per heavy atom. The Balaban J connectivity index is 1.86. The molecule has 0 fully saturated rings. The van der Waals surface area contributed by atoms with Crippen molar-refractivity contribution < 1.29 is 13.9 Å². The first-order valence-corrected chi connectivity index (χ1v) is 6.74. The molecule has 102 valence electrons. The van der Waals surface area contributed by atoms with Crippen LogP contribution in [0.3, 0.4) is 0 Å². The van der Waals surface area contributed by atoms with E-state index in [1.807, 2.05) is 18.2 Å². The van der Waals surface area contributed by atoms with Crippen LogP contribution in [0.1, 0.15) is 18.2 Å². The van der Waals surface area contributed by atoms with E-state index in [2.05, 4.69) is 26.1 Å². The molecule has 0 atom stereocenters. The van der Waals surface area contributed by atoms with Crippen molar-refractivity contribution in [2.24, 2.45) is 0 Å². The van der Waals surface area contributed by atoms with Crippen LogP contribution in [-0.4, -0.2) is 23.9 Å².